The fourth-order valence-corrected chi connectivity index (χ4v) is 5.21. The van der Waals surface area contributed by atoms with Crippen LogP contribution in [0.4, 0.5) is 13.2 Å². The van der Waals surface area contributed by atoms with Gasteiger partial charge in [-0.3, -0.25) is 0 Å². The molecule has 0 N–H and O–H groups in total. The largest absolute Gasteiger partial charge is 0.373 e. The summed E-state index contributed by atoms with van der Waals surface area (Å²) in [6, 6.07) is 2.38. The summed E-state index contributed by atoms with van der Waals surface area (Å²) in [7, 11) is 0. The predicted octanol–water partition coefficient (Wildman–Crippen LogP) is 5.97. The highest BCUT2D eigenvalue weighted by Gasteiger charge is 2.34. The van der Waals surface area contributed by atoms with Crippen molar-refractivity contribution in [3.05, 3.63) is 35.1 Å². The molecule has 1 aromatic rings. The minimum absolute atomic E-state index is 0.171. The average Bonchev–Trinajstić information content (AvgIpc) is 3.44. The molecule has 0 bridgehead atoms. The van der Waals surface area contributed by atoms with Crippen LogP contribution in [0.5, 0.6) is 0 Å². The molecule has 0 radical (unpaired) electrons. The maximum Gasteiger partial charge on any atom is 0.194 e. The minimum atomic E-state index is -1.36. The molecule has 138 valence electrons. The second-order valence-electron chi connectivity index (χ2n) is 8.38. The third-order valence-electron chi connectivity index (χ3n) is 6.81. The number of benzene rings is 1. The lowest BCUT2D eigenvalue weighted by molar-refractivity contribution is 0.152. The van der Waals surface area contributed by atoms with Gasteiger partial charge in [0.15, 0.2) is 17.5 Å². The van der Waals surface area contributed by atoms with E-state index in [1.54, 1.807) is 0 Å². The highest BCUT2D eigenvalue weighted by Crippen LogP contribution is 2.45. The molecular weight excluding hydrogens is 325 g/mol. The van der Waals surface area contributed by atoms with Crippen LogP contribution in [0, 0.1) is 35.2 Å². The molecule has 0 amide bonds. The Morgan fingerprint density at radius 3 is 1.84 bits per heavy atom. The van der Waals surface area contributed by atoms with Gasteiger partial charge in [0.1, 0.15) is 0 Å². The van der Waals surface area contributed by atoms with Crippen LogP contribution in [0.25, 0.3) is 0 Å². The van der Waals surface area contributed by atoms with Crippen molar-refractivity contribution in [2.75, 3.05) is 6.61 Å². The second-order valence-corrected chi connectivity index (χ2v) is 8.38. The molecule has 4 heteroatoms. The first kappa shape index (κ1) is 17.4. The lowest BCUT2D eigenvalue weighted by Gasteiger charge is -2.38. The number of ether oxygens (including phenoxy) is 1. The van der Waals surface area contributed by atoms with Crippen LogP contribution < -0.4 is 0 Å². The zero-order chi connectivity index (χ0) is 17.4. The van der Waals surface area contributed by atoms with Gasteiger partial charge >= 0.3 is 0 Å². The summed E-state index contributed by atoms with van der Waals surface area (Å²) in [5.74, 6) is -0.881. The summed E-state index contributed by atoms with van der Waals surface area (Å²) >= 11 is 0. The lowest BCUT2D eigenvalue weighted by atomic mass is 9.68. The van der Waals surface area contributed by atoms with Gasteiger partial charge in [-0.25, -0.2) is 13.2 Å². The molecule has 2 saturated carbocycles. The van der Waals surface area contributed by atoms with Crippen LogP contribution >= 0.6 is 0 Å². The molecule has 1 aliphatic heterocycles. The fourth-order valence-electron chi connectivity index (χ4n) is 5.21. The van der Waals surface area contributed by atoms with E-state index in [1.165, 1.54) is 44.2 Å². The highest BCUT2D eigenvalue weighted by atomic mass is 19.2. The van der Waals surface area contributed by atoms with Crippen molar-refractivity contribution in [1.82, 2.24) is 0 Å². The first-order chi connectivity index (χ1) is 12.1. The second kappa shape index (κ2) is 7.30. The third kappa shape index (κ3) is 4.05. The number of halogens is 3. The summed E-state index contributed by atoms with van der Waals surface area (Å²) in [6.45, 7) is 0.967. The molecule has 2 aliphatic carbocycles. The molecule has 3 aliphatic rings. The first-order valence-electron chi connectivity index (χ1n) is 9.86. The van der Waals surface area contributed by atoms with Crippen LogP contribution in [0.2, 0.25) is 0 Å². The van der Waals surface area contributed by atoms with Crippen molar-refractivity contribution in [3.8, 4) is 0 Å². The van der Waals surface area contributed by atoms with Crippen LogP contribution in [-0.4, -0.2) is 12.7 Å². The van der Waals surface area contributed by atoms with E-state index in [2.05, 4.69) is 0 Å². The van der Waals surface area contributed by atoms with E-state index in [0.29, 0.717) is 11.7 Å². The Morgan fingerprint density at radius 2 is 1.32 bits per heavy atom. The quantitative estimate of drug-likeness (QED) is 0.480. The highest BCUT2D eigenvalue weighted by molar-refractivity contribution is 5.23. The van der Waals surface area contributed by atoms with Gasteiger partial charge in [0.05, 0.1) is 12.7 Å². The smallest absolute Gasteiger partial charge is 0.194 e. The molecule has 1 atom stereocenters. The summed E-state index contributed by atoms with van der Waals surface area (Å²) in [5, 5.41) is 0. The Balaban J connectivity index is 1.28. The molecule has 25 heavy (non-hydrogen) atoms. The third-order valence-corrected chi connectivity index (χ3v) is 6.81. The Kier molecular flexibility index (Phi) is 5.08. The van der Waals surface area contributed by atoms with Crippen molar-refractivity contribution < 1.29 is 17.9 Å². The molecular formula is C21H27F3O. The number of rotatable bonds is 4. The SMILES string of the molecule is Fc1cc(C2CCC(C3CCC(CC4CO4)CC3)CC2)cc(F)c1F. The van der Waals surface area contributed by atoms with Crippen molar-refractivity contribution in [2.45, 2.75) is 69.8 Å². The van der Waals surface area contributed by atoms with E-state index in [1.807, 2.05) is 0 Å². The van der Waals surface area contributed by atoms with E-state index >= 15 is 0 Å². The number of hydrogen-bond donors (Lipinski definition) is 0. The van der Waals surface area contributed by atoms with Crippen LogP contribution in [0.3, 0.4) is 0 Å². The van der Waals surface area contributed by atoms with Crippen molar-refractivity contribution >= 4 is 0 Å². The predicted molar refractivity (Wildman–Crippen MR) is 90.8 cm³/mol. The normalized spacial score (nSPS) is 35.6. The lowest BCUT2D eigenvalue weighted by Crippen LogP contribution is -2.26. The average molecular weight is 352 g/mol. The van der Waals surface area contributed by atoms with Gasteiger partial charge in [0.25, 0.3) is 0 Å². The summed E-state index contributed by atoms with van der Waals surface area (Å²) in [5.41, 5.74) is 0.628. The first-order valence-corrected chi connectivity index (χ1v) is 9.86. The van der Waals surface area contributed by atoms with Gasteiger partial charge in [-0.05, 0) is 86.3 Å². The Morgan fingerprint density at radius 1 is 0.800 bits per heavy atom. The van der Waals surface area contributed by atoms with E-state index < -0.39 is 17.5 Å². The van der Waals surface area contributed by atoms with Gasteiger partial charge in [-0.15, -0.1) is 0 Å². The maximum absolute atomic E-state index is 13.5. The molecule has 1 unspecified atom stereocenters. The monoisotopic (exact) mass is 352 g/mol. The van der Waals surface area contributed by atoms with Gasteiger partial charge < -0.3 is 4.74 Å². The molecule has 1 aromatic carbocycles. The van der Waals surface area contributed by atoms with E-state index in [9.17, 15) is 13.2 Å². The molecule has 1 heterocycles. The van der Waals surface area contributed by atoms with Crippen molar-refractivity contribution in [2.24, 2.45) is 17.8 Å². The summed E-state index contributed by atoms with van der Waals surface area (Å²) in [4.78, 5) is 0. The molecule has 4 rings (SSSR count). The topological polar surface area (TPSA) is 12.5 Å². The zero-order valence-electron chi connectivity index (χ0n) is 14.7. The summed E-state index contributed by atoms with van der Waals surface area (Å²) in [6.07, 6.45) is 11.3. The number of epoxide rings is 1. The van der Waals surface area contributed by atoms with Gasteiger partial charge in [0.2, 0.25) is 0 Å². The van der Waals surface area contributed by atoms with Crippen LogP contribution in [-0.2, 0) is 4.74 Å². The van der Waals surface area contributed by atoms with Crippen LogP contribution in [0.15, 0.2) is 12.1 Å². The maximum atomic E-state index is 13.5. The Bertz CT molecular complexity index is 574. The van der Waals surface area contributed by atoms with Crippen molar-refractivity contribution in [1.29, 1.82) is 0 Å². The minimum Gasteiger partial charge on any atom is -0.373 e. The molecule has 3 fully saturated rings. The zero-order valence-corrected chi connectivity index (χ0v) is 14.7. The molecule has 0 spiro atoms. The number of hydrogen-bond acceptors (Lipinski definition) is 1. The Labute approximate surface area is 147 Å². The van der Waals surface area contributed by atoms with Gasteiger partial charge in [0, 0.05) is 0 Å². The Hall–Kier alpha value is -1.03. The van der Waals surface area contributed by atoms with Crippen LogP contribution in [0.1, 0.15) is 69.3 Å². The van der Waals surface area contributed by atoms with Gasteiger partial charge in [-0.1, -0.05) is 12.8 Å². The summed E-state index contributed by atoms with van der Waals surface area (Å²) < 4.78 is 45.4. The standard InChI is InChI=1S/C21H27F3O/c22-19-10-17(11-20(23)21(19)24)16-7-5-15(6-8-16)14-3-1-13(2-4-14)9-18-12-25-18/h10-11,13-16,18H,1-9,12H2. The van der Waals surface area contributed by atoms with E-state index in [0.717, 1.165) is 50.0 Å². The molecule has 0 aromatic heterocycles. The molecule has 1 saturated heterocycles. The molecule has 1 nitrogen and oxygen atoms in total. The van der Waals surface area contributed by atoms with E-state index in [-0.39, 0.29) is 5.92 Å². The van der Waals surface area contributed by atoms with Crippen molar-refractivity contribution in [3.63, 3.8) is 0 Å². The van der Waals surface area contributed by atoms with Gasteiger partial charge in [-0.2, -0.15) is 0 Å². The fraction of sp³-hybridized carbons (Fsp3) is 0.714. The van der Waals surface area contributed by atoms with E-state index in [4.69, 9.17) is 4.74 Å².